The summed E-state index contributed by atoms with van der Waals surface area (Å²) in [5.41, 5.74) is -1.20. The number of hydrogen-bond acceptors (Lipinski definition) is 4. The summed E-state index contributed by atoms with van der Waals surface area (Å²) >= 11 is 0. The number of para-hydroxylation sites is 1. The summed E-state index contributed by atoms with van der Waals surface area (Å²) in [5, 5.41) is 0. The molecule has 1 aromatic rings. The fraction of sp³-hybridized carbons (Fsp3) is 0.333. The lowest BCUT2D eigenvalue weighted by molar-refractivity contribution is -0.160. The number of hydrogen-bond donors (Lipinski definition) is 0. The van der Waals surface area contributed by atoms with Gasteiger partial charge in [-0.05, 0) is 25.5 Å². The van der Waals surface area contributed by atoms with E-state index >= 15 is 0 Å². The molecule has 0 bridgehead atoms. The van der Waals surface area contributed by atoms with Crippen LogP contribution in [-0.4, -0.2) is 18.5 Å². The zero-order valence-corrected chi connectivity index (χ0v) is 10.8. The van der Waals surface area contributed by atoms with Crippen molar-refractivity contribution in [2.75, 3.05) is 6.61 Å². The summed E-state index contributed by atoms with van der Waals surface area (Å²) in [6, 6.07) is 8.68. The molecule has 1 aromatic carbocycles. The maximum atomic E-state index is 12.2. The summed E-state index contributed by atoms with van der Waals surface area (Å²) in [5.74, 6) is -0.878. The van der Waals surface area contributed by atoms with Gasteiger partial charge in [-0.1, -0.05) is 24.3 Å². The van der Waals surface area contributed by atoms with Crippen molar-refractivity contribution in [3.8, 4) is 5.75 Å². The standard InChI is InChI=1S/C15H16O4/c1-3-11-10-15(11,13(16)18-4-2)14(17)19-12-8-6-5-7-9-12/h3,5-9,11H,1,4,10H2,2H3. The highest BCUT2D eigenvalue weighted by Gasteiger charge is 2.67. The Balaban J connectivity index is 2.15. The minimum Gasteiger partial charge on any atom is -0.465 e. The predicted octanol–water partition coefficient (Wildman–Crippen LogP) is 2.35. The van der Waals surface area contributed by atoms with E-state index in [9.17, 15) is 9.59 Å². The van der Waals surface area contributed by atoms with Crippen LogP contribution in [0, 0.1) is 11.3 Å². The molecule has 1 saturated carbocycles. The molecule has 1 aliphatic rings. The fourth-order valence-electron chi connectivity index (χ4n) is 2.07. The topological polar surface area (TPSA) is 52.6 Å². The van der Waals surface area contributed by atoms with Gasteiger partial charge >= 0.3 is 11.9 Å². The van der Waals surface area contributed by atoms with Crippen LogP contribution in [0.25, 0.3) is 0 Å². The number of ether oxygens (including phenoxy) is 2. The van der Waals surface area contributed by atoms with Crippen molar-refractivity contribution < 1.29 is 19.1 Å². The quantitative estimate of drug-likeness (QED) is 0.353. The lowest BCUT2D eigenvalue weighted by atomic mass is 10.0. The number of carbonyl (C=O) groups is 2. The lowest BCUT2D eigenvalue weighted by Gasteiger charge is -2.14. The summed E-state index contributed by atoms with van der Waals surface area (Å²) in [6.45, 7) is 5.58. The van der Waals surface area contributed by atoms with Gasteiger partial charge in [0, 0.05) is 5.92 Å². The monoisotopic (exact) mass is 260 g/mol. The molecular formula is C15H16O4. The van der Waals surface area contributed by atoms with Gasteiger partial charge in [-0.15, -0.1) is 6.58 Å². The molecule has 1 fully saturated rings. The number of benzene rings is 1. The molecule has 0 radical (unpaired) electrons. The zero-order valence-electron chi connectivity index (χ0n) is 10.8. The largest absolute Gasteiger partial charge is 0.465 e. The van der Waals surface area contributed by atoms with Crippen LogP contribution in [-0.2, 0) is 14.3 Å². The molecule has 1 aliphatic carbocycles. The summed E-state index contributed by atoms with van der Waals surface area (Å²) in [4.78, 5) is 24.2. The van der Waals surface area contributed by atoms with Crippen LogP contribution in [0.2, 0.25) is 0 Å². The zero-order chi connectivity index (χ0) is 13.9. The van der Waals surface area contributed by atoms with Gasteiger partial charge < -0.3 is 9.47 Å². The first-order chi connectivity index (χ1) is 9.15. The molecule has 0 saturated heterocycles. The smallest absolute Gasteiger partial charge is 0.329 e. The number of esters is 2. The van der Waals surface area contributed by atoms with Crippen molar-refractivity contribution >= 4 is 11.9 Å². The third kappa shape index (κ3) is 2.38. The fourth-order valence-corrected chi connectivity index (χ4v) is 2.07. The maximum Gasteiger partial charge on any atom is 0.329 e. The Hall–Kier alpha value is -2.10. The Morgan fingerprint density at radius 3 is 2.58 bits per heavy atom. The van der Waals surface area contributed by atoms with Gasteiger partial charge in [-0.25, -0.2) is 0 Å². The van der Waals surface area contributed by atoms with Gasteiger partial charge in [-0.2, -0.15) is 0 Å². The first-order valence-corrected chi connectivity index (χ1v) is 6.22. The van der Waals surface area contributed by atoms with E-state index in [1.54, 1.807) is 37.3 Å². The second kappa shape index (κ2) is 5.26. The average Bonchev–Trinajstić information content (AvgIpc) is 3.16. The van der Waals surface area contributed by atoms with E-state index < -0.39 is 17.4 Å². The van der Waals surface area contributed by atoms with Crippen molar-refractivity contribution in [1.29, 1.82) is 0 Å². The van der Waals surface area contributed by atoms with Crippen molar-refractivity contribution in [2.24, 2.45) is 11.3 Å². The number of rotatable bonds is 5. The van der Waals surface area contributed by atoms with Gasteiger partial charge in [0.25, 0.3) is 0 Å². The van der Waals surface area contributed by atoms with Crippen molar-refractivity contribution in [3.05, 3.63) is 43.0 Å². The molecule has 2 rings (SSSR count). The van der Waals surface area contributed by atoms with Gasteiger partial charge in [-0.3, -0.25) is 9.59 Å². The maximum absolute atomic E-state index is 12.2. The number of carbonyl (C=O) groups excluding carboxylic acids is 2. The Labute approximate surface area is 112 Å². The molecule has 0 N–H and O–H groups in total. The van der Waals surface area contributed by atoms with Gasteiger partial charge in [0.15, 0.2) is 5.41 Å². The molecular weight excluding hydrogens is 244 g/mol. The molecule has 19 heavy (non-hydrogen) atoms. The van der Waals surface area contributed by atoms with Crippen LogP contribution >= 0.6 is 0 Å². The van der Waals surface area contributed by atoms with Crippen LogP contribution in [0.4, 0.5) is 0 Å². The first kappa shape index (κ1) is 13.3. The SMILES string of the molecule is C=CC1CC1(C(=O)OCC)C(=O)Oc1ccccc1. The van der Waals surface area contributed by atoms with Crippen LogP contribution in [0.15, 0.2) is 43.0 Å². The molecule has 0 aliphatic heterocycles. The van der Waals surface area contributed by atoms with E-state index in [-0.39, 0.29) is 12.5 Å². The van der Waals surface area contributed by atoms with Crippen molar-refractivity contribution in [3.63, 3.8) is 0 Å². The second-order valence-electron chi connectivity index (χ2n) is 4.44. The van der Waals surface area contributed by atoms with E-state index in [2.05, 4.69) is 6.58 Å². The summed E-state index contributed by atoms with van der Waals surface area (Å²) in [6.07, 6.45) is 2.00. The van der Waals surface area contributed by atoms with E-state index in [4.69, 9.17) is 9.47 Å². The first-order valence-electron chi connectivity index (χ1n) is 6.22. The summed E-state index contributed by atoms with van der Waals surface area (Å²) in [7, 11) is 0. The molecule has 4 heteroatoms. The Bertz CT molecular complexity index is 494. The van der Waals surface area contributed by atoms with Crippen LogP contribution < -0.4 is 4.74 Å². The molecule has 0 heterocycles. The second-order valence-corrected chi connectivity index (χ2v) is 4.44. The molecule has 0 amide bonds. The van der Waals surface area contributed by atoms with E-state index in [1.165, 1.54) is 0 Å². The molecule has 100 valence electrons. The molecule has 0 aromatic heterocycles. The van der Waals surface area contributed by atoms with Crippen LogP contribution in [0.5, 0.6) is 5.75 Å². The van der Waals surface area contributed by atoms with Gasteiger partial charge in [0.05, 0.1) is 6.61 Å². The number of allylic oxidation sites excluding steroid dienone is 1. The minimum atomic E-state index is -1.20. The third-order valence-corrected chi connectivity index (χ3v) is 3.26. The molecule has 4 nitrogen and oxygen atoms in total. The average molecular weight is 260 g/mol. The highest BCUT2D eigenvalue weighted by Crippen LogP contribution is 2.55. The molecule has 2 unspecified atom stereocenters. The van der Waals surface area contributed by atoms with E-state index in [0.717, 1.165) is 0 Å². The van der Waals surface area contributed by atoms with Gasteiger partial charge in [0.2, 0.25) is 0 Å². The van der Waals surface area contributed by atoms with Crippen LogP contribution in [0.3, 0.4) is 0 Å². The Kier molecular flexibility index (Phi) is 3.69. The highest BCUT2D eigenvalue weighted by atomic mass is 16.6. The van der Waals surface area contributed by atoms with E-state index in [0.29, 0.717) is 12.2 Å². The van der Waals surface area contributed by atoms with Crippen LogP contribution in [0.1, 0.15) is 13.3 Å². The minimum absolute atomic E-state index is 0.206. The van der Waals surface area contributed by atoms with Crippen molar-refractivity contribution in [1.82, 2.24) is 0 Å². The van der Waals surface area contributed by atoms with Crippen molar-refractivity contribution in [2.45, 2.75) is 13.3 Å². The Morgan fingerprint density at radius 1 is 1.37 bits per heavy atom. The normalized spacial score (nSPS) is 24.4. The van der Waals surface area contributed by atoms with E-state index in [1.807, 2.05) is 6.07 Å². The van der Waals surface area contributed by atoms with Gasteiger partial charge in [0.1, 0.15) is 5.75 Å². The Morgan fingerprint density at radius 2 is 2.05 bits per heavy atom. The summed E-state index contributed by atoms with van der Waals surface area (Å²) < 4.78 is 10.2. The molecule has 2 atom stereocenters. The predicted molar refractivity (Wildman–Crippen MR) is 69.4 cm³/mol. The lowest BCUT2D eigenvalue weighted by Crippen LogP contribution is -2.33. The highest BCUT2D eigenvalue weighted by molar-refractivity contribution is 6.05. The third-order valence-electron chi connectivity index (χ3n) is 3.26. The molecule has 0 spiro atoms.